The van der Waals surface area contributed by atoms with Crippen molar-refractivity contribution < 1.29 is 0 Å². The fourth-order valence-electron chi connectivity index (χ4n) is 4.11. The molecule has 1 saturated carbocycles. The molecule has 1 aliphatic heterocycles. The summed E-state index contributed by atoms with van der Waals surface area (Å²) in [6.45, 7) is 7.67. The Labute approximate surface area is 169 Å². The van der Waals surface area contributed by atoms with E-state index < -0.39 is 0 Å². The number of guanidine groups is 1. The smallest absolute Gasteiger partial charge is 0.191 e. The van der Waals surface area contributed by atoms with Crippen molar-refractivity contribution in [3.63, 3.8) is 0 Å². The van der Waals surface area contributed by atoms with Gasteiger partial charge >= 0.3 is 0 Å². The van der Waals surface area contributed by atoms with Gasteiger partial charge in [0.2, 0.25) is 0 Å². The monoisotopic (exact) mass is 389 g/mol. The highest BCUT2D eigenvalue weighted by molar-refractivity contribution is 7.99. The van der Waals surface area contributed by atoms with Gasteiger partial charge in [-0.15, -0.1) is 0 Å². The lowest BCUT2D eigenvalue weighted by atomic mass is 10.2. The molecule has 27 heavy (non-hydrogen) atoms. The van der Waals surface area contributed by atoms with E-state index in [1.165, 1.54) is 24.9 Å². The minimum Gasteiger partial charge on any atom is -0.369 e. The summed E-state index contributed by atoms with van der Waals surface area (Å²) in [5, 5.41) is 7.97. The van der Waals surface area contributed by atoms with Crippen LogP contribution in [0.4, 0.5) is 5.69 Å². The Morgan fingerprint density at radius 1 is 1.19 bits per heavy atom. The van der Waals surface area contributed by atoms with Gasteiger partial charge in [-0.2, -0.15) is 11.8 Å². The van der Waals surface area contributed by atoms with Crippen LogP contribution >= 0.6 is 11.8 Å². The van der Waals surface area contributed by atoms with Gasteiger partial charge in [0.05, 0.1) is 0 Å². The standard InChI is InChI=1S/C21H35N5S/c1-17(16-23-21(22-2)24-18-9-10-20(15-18)27-3)25-11-13-26(14-12-25)19-7-5-4-6-8-19/h4-8,17-18,20H,9-16H2,1-3H3,(H2,22,23,24). The summed E-state index contributed by atoms with van der Waals surface area (Å²) in [7, 11) is 1.87. The Kier molecular flexibility index (Phi) is 7.70. The molecule has 0 radical (unpaired) electrons. The summed E-state index contributed by atoms with van der Waals surface area (Å²) in [6, 6.07) is 11.8. The fraction of sp³-hybridized carbons (Fsp3) is 0.667. The Hall–Kier alpha value is -1.40. The molecule has 1 aliphatic carbocycles. The van der Waals surface area contributed by atoms with Gasteiger partial charge in [-0.1, -0.05) is 18.2 Å². The number of hydrogen-bond donors (Lipinski definition) is 2. The number of anilines is 1. The molecule has 1 aromatic carbocycles. The Bertz CT molecular complexity index is 585. The normalized spacial score (nSPS) is 25.4. The third kappa shape index (κ3) is 5.79. The molecule has 2 N–H and O–H groups in total. The molecule has 5 nitrogen and oxygen atoms in total. The first-order valence-electron chi connectivity index (χ1n) is 10.2. The van der Waals surface area contributed by atoms with Crippen LogP contribution in [0.1, 0.15) is 26.2 Å². The lowest BCUT2D eigenvalue weighted by Crippen LogP contribution is -2.53. The molecule has 1 aromatic rings. The van der Waals surface area contributed by atoms with Crippen LogP contribution in [-0.2, 0) is 0 Å². The number of piperazine rings is 1. The summed E-state index contributed by atoms with van der Waals surface area (Å²) in [5.74, 6) is 0.955. The van der Waals surface area contributed by atoms with Gasteiger partial charge in [0.25, 0.3) is 0 Å². The number of para-hydroxylation sites is 1. The van der Waals surface area contributed by atoms with Crippen molar-refractivity contribution in [1.29, 1.82) is 0 Å². The number of hydrogen-bond acceptors (Lipinski definition) is 4. The van der Waals surface area contributed by atoms with E-state index in [4.69, 9.17) is 0 Å². The highest BCUT2D eigenvalue weighted by Crippen LogP contribution is 2.28. The molecule has 1 heterocycles. The molecule has 3 unspecified atom stereocenters. The zero-order valence-electron chi connectivity index (χ0n) is 17.0. The van der Waals surface area contributed by atoms with Crippen LogP contribution in [-0.4, -0.2) is 74.2 Å². The van der Waals surface area contributed by atoms with Crippen LogP contribution in [0.2, 0.25) is 0 Å². The summed E-state index contributed by atoms with van der Waals surface area (Å²) >= 11 is 2.00. The van der Waals surface area contributed by atoms with Gasteiger partial charge in [-0.3, -0.25) is 9.89 Å². The molecular formula is C21H35N5S. The van der Waals surface area contributed by atoms with Crippen LogP contribution in [0.3, 0.4) is 0 Å². The maximum absolute atomic E-state index is 4.43. The van der Waals surface area contributed by atoms with E-state index in [0.29, 0.717) is 12.1 Å². The third-order valence-electron chi connectivity index (χ3n) is 5.91. The highest BCUT2D eigenvalue weighted by atomic mass is 32.2. The molecule has 0 bridgehead atoms. The zero-order chi connectivity index (χ0) is 19.1. The molecule has 0 amide bonds. The quantitative estimate of drug-likeness (QED) is 0.578. The van der Waals surface area contributed by atoms with Gasteiger partial charge in [-0.25, -0.2) is 0 Å². The molecule has 6 heteroatoms. The molecule has 2 fully saturated rings. The average molecular weight is 390 g/mol. The molecule has 2 aliphatic rings. The summed E-state index contributed by atoms with van der Waals surface area (Å²) < 4.78 is 0. The van der Waals surface area contributed by atoms with Crippen molar-refractivity contribution >= 4 is 23.4 Å². The predicted molar refractivity (Wildman–Crippen MR) is 119 cm³/mol. The molecule has 1 saturated heterocycles. The van der Waals surface area contributed by atoms with Gasteiger partial charge in [0, 0.05) is 62.8 Å². The topological polar surface area (TPSA) is 42.9 Å². The first-order valence-corrected chi connectivity index (χ1v) is 11.5. The summed E-state index contributed by atoms with van der Waals surface area (Å²) in [6.07, 6.45) is 6.04. The third-order valence-corrected chi connectivity index (χ3v) is 7.00. The molecule has 0 spiro atoms. The van der Waals surface area contributed by atoms with Crippen molar-refractivity contribution in [3.8, 4) is 0 Å². The summed E-state index contributed by atoms with van der Waals surface area (Å²) in [5.41, 5.74) is 1.34. The lowest BCUT2D eigenvalue weighted by Gasteiger charge is -2.39. The van der Waals surface area contributed by atoms with E-state index in [2.05, 4.69) is 68.9 Å². The predicted octanol–water partition coefficient (Wildman–Crippen LogP) is 2.65. The van der Waals surface area contributed by atoms with E-state index >= 15 is 0 Å². The maximum atomic E-state index is 4.43. The number of nitrogens with one attached hydrogen (secondary N) is 2. The van der Waals surface area contributed by atoms with Crippen LogP contribution < -0.4 is 15.5 Å². The number of aliphatic imine (C=N–C) groups is 1. The van der Waals surface area contributed by atoms with Crippen molar-refractivity contribution in [3.05, 3.63) is 30.3 Å². The number of nitrogens with zero attached hydrogens (tertiary/aromatic N) is 3. The second-order valence-electron chi connectivity index (χ2n) is 7.67. The maximum Gasteiger partial charge on any atom is 0.191 e. The SMILES string of the molecule is CN=C(NCC(C)N1CCN(c2ccccc2)CC1)NC1CCC(SC)C1. The number of benzene rings is 1. The van der Waals surface area contributed by atoms with E-state index in [9.17, 15) is 0 Å². The summed E-state index contributed by atoms with van der Waals surface area (Å²) in [4.78, 5) is 9.50. The Morgan fingerprint density at radius 2 is 1.93 bits per heavy atom. The largest absolute Gasteiger partial charge is 0.369 e. The average Bonchev–Trinajstić information content (AvgIpc) is 3.19. The van der Waals surface area contributed by atoms with E-state index in [1.807, 2.05) is 18.8 Å². The van der Waals surface area contributed by atoms with Crippen molar-refractivity contribution in [2.75, 3.05) is 50.9 Å². The van der Waals surface area contributed by atoms with E-state index in [0.717, 1.165) is 43.9 Å². The zero-order valence-corrected chi connectivity index (χ0v) is 17.8. The van der Waals surface area contributed by atoms with Crippen molar-refractivity contribution in [2.45, 2.75) is 43.5 Å². The number of rotatable bonds is 6. The molecule has 150 valence electrons. The van der Waals surface area contributed by atoms with Gasteiger partial charge < -0.3 is 15.5 Å². The van der Waals surface area contributed by atoms with Crippen molar-refractivity contribution in [1.82, 2.24) is 15.5 Å². The van der Waals surface area contributed by atoms with E-state index in [-0.39, 0.29) is 0 Å². The van der Waals surface area contributed by atoms with Crippen LogP contribution in [0.25, 0.3) is 0 Å². The molecule has 3 rings (SSSR count). The lowest BCUT2D eigenvalue weighted by molar-refractivity contribution is 0.197. The fourth-order valence-corrected chi connectivity index (χ4v) is 4.90. The highest BCUT2D eigenvalue weighted by Gasteiger charge is 2.25. The Balaban J connectivity index is 1.39. The van der Waals surface area contributed by atoms with Gasteiger partial charge in [0.15, 0.2) is 5.96 Å². The first-order chi connectivity index (χ1) is 13.2. The minimum absolute atomic E-state index is 0.504. The second-order valence-corrected chi connectivity index (χ2v) is 8.81. The second kappa shape index (κ2) is 10.2. The van der Waals surface area contributed by atoms with Crippen LogP contribution in [0.15, 0.2) is 35.3 Å². The van der Waals surface area contributed by atoms with Gasteiger partial charge in [-0.05, 0) is 44.6 Å². The first kappa shape index (κ1) is 20.3. The minimum atomic E-state index is 0.504. The Morgan fingerprint density at radius 3 is 2.56 bits per heavy atom. The molecular weight excluding hydrogens is 354 g/mol. The number of thioether (sulfide) groups is 1. The van der Waals surface area contributed by atoms with Crippen LogP contribution in [0.5, 0.6) is 0 Å². The molecule has 0 aromatic heterocycles. The van der Waals surface area contributed by atoms with E-state index in [1.54, 1.807) is 0 Å². The molecule has 3 atom stereocenters. The van der Waals surface area contributed by atoms with Gasteiger partial charge in [0.1, 0.15) is 0 Å². The van der Waals surface area contributed by atoms with Crippen molar-refractivity contribution in [2.24, 2.45) is 4.99 Å². The van der Waals surface area contributed by atoms with Crippen LogP contribution in [0, 0.1) is 0 Å².